The summed E-state index contributed by atoms with van der Waals surface area (Å²) in [6, 6.07) is 73.0. The van der Waals surface area contributed by atoms with Crippen molar-refractivity contribution in [1.29, 1.82) is 0 Å². The van der Waals surface area contributed by atoms with Crippen LogP contribution in [0.1, 0.15) is 22.7 Å². The fourth-order valence-corrected chi connectivity index (χ4v) is 7.86. The zero-order chi connectivity index (χ0) is 37.3. The number of fused-ring (bicyclic) bond motifs is 3. The second-order valence-corrected chi connectivity index (χ2v) is 14.3. The summed E-state index contributed by atoms with van der Waals surface area (Å²) >= 11 is 0. The zero-order valence-electron chi connectivity index (χ0n) is 30.7. The van der Waals surface area contributed by atoms with Crippen molar-refractivity contribution >= 4 is 22.0 Å². The summed E-state index contributed by atoms with van der Waals surface area (Å²) in [6.07, 6.45) is 2.38. The number of nitrogens with one attached hydrogen (secondary N) is 1. The molecule has 2 heterocycles. The third-order valence-corrected chi connectivity index (χ3v) is 10.7. The normalized spacial score (nSPS) is 13.4. The molecule has 264 valence electrons. The van der Waals surface area contributed by atoms with E-state index >= 15 is 0 Å². The Bertz CT molecular complexity index is 2790. The number of hydrogen-bond donors (Lipinski definition) is 1. The van der Waals surface area contributed by atoms with Crippen molar-refractivity contribution in [2.24, 2.45) is 0 Å². The van der Waals surface area contributed by atoms with Crippen molar-refractivity contribution in [3.63, 3.8) is 0 Å². The van der Waals surface area contributed by atoms with Crippen LogP contribution in [-0.2, 0) is 0 Å². The monoisotopic (exact) mass is 715 g/mol. The third kappa shape index (κ3) is 6.46. The van der Waals surface area contributed by atoms with Crippen molar-refractivity contribution < 1.29 is 0 Å². The summed E-state index contributed by atoms with van der Waals surface area (Å²) in [5, 5.41) is 6.28. The van der Waals surface area contributed by atoms with Crippen LogP contribution in [0.15, 0.2) is 212 Å². The van der Waals surface area contributed by atoms with E-state index in [1.807, 2.05) is 36.4 Å². The lowest BCUT2D eigenvalue weighted by Crippen LogP contribution is -2.15. The molecule has 1 atom stereocenters. The molecule has 0 aliphatic carbocycles. The molecular weight excluding hydrogens is 679 g/mol. The molecule has 0 saturated carbocycles. The van der Waals surface area contributed by atoms with Crippen LogP contribution >= 0.6 is 0 Å². The average molecular weight is 716 g/mol. The van der Waals surface area contributed by atoms with Crippen LogP contribution < -0.4 is 5.32 Å². The van der Waals surface area contributed by atoms with Crippen LogP contribution in [0.3, 0.4) is 0 Å². The highest BCUT2D eigenvalue weighted by Gasteiger charge is 2.23. The SMILES string of the molecule is C1=C(c2ccccc2)c2c(ccc3cc(-c4cccc(-c5ccc(-c6nc(-c7ccccc7)cc(-c7ccccc7)n6)cc5)c4)ccc23)NC1c1ccccc1. The minimum absolute atomic E-state index is 0.0891. The summed E-state index contributed by atoms with van der Waals surface area (Å²) in [4.78, 5) is 10.1. The molecule has 0 fully saturated rings. The Morgan fingerprint density at radius 3 is 1.54 bits per heavy atom. The van der Waals surface area contributed by atoms with E-state index in [9.17, 15) is 0 Å². The summed E-state index contributed by atoms with van der Waals surface area (Å²) in [5.41, 5.74) is 15.7. The van der Waals surface area contributed by atoms with Crippen molar-refractivity contribution in [2.75, 3.05) is 5.32 Å². The number of rotatable bonds is 7. The van der Waals surface area contributed by atoms with Gasteiger partial charge in [-0.25, -0.2) is 9.97 Å². The molecule has 10 rings (SSSR count). The summed E-state index contributed by atoms with van der Waals surface area (Å²) in [6.45, 7) is 0. The number of hydrogen-bond acceptors (Lipinski definition) is 3. The van der Waals surface area contributed by atoms with E-state index < -0.39 is 0 Å². The van der Waals surface area contributed by atoms with Crippen molar-refractivity contribution in [3.8, 4) is 56.2 Å². The van der Waals surface area contributed by atoms with Crippen LogP contribution in [0.25, 0.3) is 72.5 Å². The maximum atomic E-state index is 5.03. The van der Waals surface area contributed by atoms with E-state index in [-0.39, 0.29) is 6.04 Å². The molecule has 1 unspecified atom stereocenters. The summed E-state index contributed by atoms with van der Waals surface area (Å²) in [7, 11) is 0. The Labute approximate surface area is 327 Å². The van der Waals surface area contributed by atoms with Gasteiger partial charge >= 0.3 is 0 Å². The molecule has 8 aromatic carbocycles. The van der Waals surface area contributed by atoms with Gasteiger partial charge in [-0.15, -0.1) is 0 Å². The first-order valence-corrected chi connectivity index (χ1v) is 19.1. The minimum Gasteiger partial charge on any atom is -0.374 e. The molecule has 0 radical (unpaired) electrons. The molecule has 1 aliphatic rings. The van der Waals surface area contributed by atoms with Gasteiger partial charge in [-0.1, -0.05) is 182 Å². The minimum atomic E-state index is 0.0891. The van der Waals surface area contributed by atoms with Gasteiger partial charge in [0.1, 0.15) is 0 Å². The van der Waals surface area contributed by atoms with Crippen LogP contribution in [-0.4, -0.2) is 9.97 Å². The van der Waals surface area contributed by atoms with Gasteiger partial charge in [-0.05, 0) is 80.1 Å². The molecule has 0 spiro atoms. The quantitative estimate of drug-likeness (QED) is 0.178. The highest BCUT2D eigenvalue weighted by molar-refractivity contribution is 6.05. The molecule has 0 amide bonds. The zero-order valence-corrected chi connectivity index (χ0v) is 30.7. The molecule has 9 aromatic rings. The lowest BCUT2D eigenvalue weighted by Gasteiger charge is -2.28. The number of anilines is 1. The first kappa shape index (κ1) is 33.2. The van der Waals surface area contributed by atoms with Gasteiger partial charge in [0.15, 0.2) is 5.82 Å². The van der Waals surface area contributed by atoms with Gasteiger partial charge in [0.05, 0.1) is 17.4 Å². The molecule has 1 aliphatic heterocycles. The van der Waals surface area contributed by atoms with E-state index in [0.717, 1.165) is 44.9 Å². The Morgan fingerprint density at radius 2 is 0.893 bits per heavy atom. The fourth-order valence-electron chi connectivity index (χ4n) is 7.86. The molecular formula is C53H37N3. The van der Waals surface area contributed by atoms with Crippen LogP contribution in [0, 0.1) is 0 Å². The van der Waals surface area contributed by atoms with Gasteiger partial charge in [0, 0.05) is 27.9 Å². The largest absolute Gasteiger partial charge is 0.374 e. The van der Waals surface area contributed by atoms with Crippen molar-refractivity contribution in [1.82, 2.24) is 9.97 Å². The maximum absolute atomic E-state index is 5.03. The van der Waals surface area contributed by atoms with E-state index in [1.165, 1.54) is 44.2 Å². The predicted molar refractivity (Wildman–Crippen MR) is 233 cm³/mol. The summed E-state index contributed by atoms with van der Waals surface area (Å²) in [5.74, 6) is 0.708. The standard InChI is InChI=1S/C53H37N3/c1-5-14-37(15-6-1)47-34-49(38-16-7-2-8-17-38)54-48-31-29-45-33-44(28-30-46(45)52(47)48)43-23-13-22-42(32-43)36-24-26-41(27-25-36)53-55-50(39-18-9-3-10-19-39)35-51(56-53)40-20-11-4-12-21-40/h1-35,49,54H. The maximum Gasteiger partial charge on any atom is 0.160 e. The Hall–Kier alpha value is -7.36. The molecule has 1 aromatic heterocycles. The average Bonchev–Trinajstić information content (AvgIpc) is 3.29. The van der Waals surface area contributed by atoms with Crippen molar-refractivity contribution in [2.45, 2.75) is 6.04 Å². The lowest BCUT2D eigenvalue weighted by molar-refractivity contribution is 0.974. The van der Waals surface area contributed by atoms with Crippen LogP contribution in [0.2, 0.25) is 0 Å². The first-order valence-electron chi connectivity index (χ1n) is 19.1. The number of benzene rings is 8. The Kier molecular flexibility index (Phi) is 8.58. The molecule has 3 heteroatoms. The molecule has 0 saturated heterocycles. The highest BCUT2D eigenvalue weighted by atomic mass is 14.9. The van der Waals surface area contributed by atoms with Crippen LogP contribution in [0.5, 0.6) is 0 Å². The lowest BCUT2D eigenvalue weighted by atomic mass is 9.85. The third-order valence-electron chi connectivity index (χ3n) is 10.7. The van der Waals surface area contributed by atoms with E-state index in [4.69, 9.17) is 9.97 Å². The Morgan fingerprint density at radius 1 is 0.375 bits per heavy atom. The van der Waals surface area contributed by atoms with Gasteiger partial charge in [-0.2, -0.15) is 0 Å². The molecule has 56 heavy (non-hydrogen) atoms. The Balaban J connectivity index is 0.977. The molecule has 0 bridgehead atoms. The number of aromatic nitrogens is 2. The van der Waals surface area contributed by atoms with Gasteiger partial charge in [0.2, 0.25) is 0 Å². The second kappa shape index (κ2) is 14.5. The topological polar surface area (TPSA) is 37.8 Å². The fraction of sp³-hybridized carbons (Fsp3) is 0.0189. The van der Waals surface area contributed by atoms with Gasteiger partial charge in [0.25, 0.3) is 0 Å². The highest BCUT2D eigenvalue weighted by Crippen LogP contribution is 2.43. The molecule has 1 N–H and O–H groups in total. The van der Waals surface area contributed by atoms with Gasteiger partial charge in [-0.3, -0.25) is 0 Å². The van der Waals surface area contributed by atoms with E-state index in [2.05, 4.69) is 181 Å². The second-order valence-electron chi connectivity index (χ2n) is 14.3. The van der Waals surface area contributed by atoms with Crippen LogP contribution in [0.4, 0.5) is 5.69 Å². The van der Waals surface area contributed by atoms with Crippen molar-refractivity contribution in [3.05, 3.63) is 229 Å². The smallest absolute Gasteiger partial charge is 0.160 e. The van der Waals surface area contributed by atoms with E-state index in [0.29, 0.717) is 5.82 Å². The first-order chi connectivity index (χ1) is 27.7. The summed E-state index contributed by atoms with van der Waals surface area (Å²) < 4.78 is 0. The number of nitrogens with zero attached hydrogens (tertiary/aromatic N) is 2. The van der Waals surface area contributed by atoms with Gasteiger partial charge < -0.3 is 5.32 Å². The van der Waals surface area contributed by atoms with E-state index in [1.54, 1.807) is 0 Å². The molecule has 3 nitrogen and oxygen atoms in total. The predicted octanol–water partition coefficient (Wildman–Crippen LogP) is 13.6.